The molecule has 1 aromatic rings. The largest absolute Gasteiger partial charge is 0.370 e. The molecular formula is C6H8N2O. The van der Waals surface area contributed by atoms with E-state index in [4.69, 9.17) is 4.74 Å². The highest BCUT2D eigenvalue weighted by Crippen LogP contribution is 2.19. The van der Waals surface area contributed by atoms with Crippen molar-refractivity contribution in [2.45, 2.75) is 20.1 Å². The van der Waals surface area contributed by atoms with E-state index in [1.165, 1.54) is 5.56 Å². The smallest absolute Gasteiger partial charge is 0.0937 e. The number of rotatable bonds is 0. The van der Waals surface area contributed by atoms with Gasteiger partial charge in [0.05, 0.1) is 18.9 Å². The lowest BCUT2D eigenvalue weighted by atomic mass is 10.2. The number of aromatic nitrogens is 2. The number of nitrogens with zero attached hydrogens (tertiary/aromatic N) is 1. The zero-order valence-corrected chi connectivity index (χ0v) is 5.27. The molecule has 3 heteroatoms. The van der Waals surface area contributed by atoms with E-state index in [1.54, 1.807) is 0 Å². The Bertz CT molecular complexity index is 229. The molecule has 3 nitrogen and oxygen atoms in total. The van der Waals surface area contributed by atoms with Crippen LogP contribution in [-0.4, -0.2) is 10.2 Å². The van der Waals surface area contributed by atoms with Crippen molar-refractivity contribution in [3.63, 3.8) is 0 Å². The summed E-state index contributed by atoms with van der Waals surface area (Å²) in [5, 5.41) is 6.96. The third-order valence-corrected chi connectivity index (χ3v) is 1.64. The highest BCUT2D eigenvalue weighted by molar-refractivity contribution is 5.24. The first-order valence-corrected chi connectivity index (χ1v) is 2.98. The number of H-pyrrole nitrogens is 1. The molecule has 0 aromatic carbocycles. The van der Waals surface area contributed by atoms with Crippen molar-refractivity contribution in [1.82, 2.24) is 10.2 Å². The molecule has 1 aliphatic rings. The van der Waals surface area contributed by atoms with Crippen LogP contribution in [0.2, 0.25) is 0 Å². The van der Waals surface area contributed by atoms with Crippen molar-refractivity contribution in [3.05, 3.63) is 17.0 Å². The molecule has 0 fully saturated rings. The zero-order chi connectivity index (χ0) is 6.27. The molecule has 0 saturated heterocycles. The van der Waals surface area contributed by atoms with E-state index in [2.05, 4.69) is 10.2 Å². The summed E-state index contributed by atoms with van der Waals surface area (Å²) in [6.45, 7) is 3.43. The second-order valence-electron chi connectivity index (χ2n) is 2.27. The van der Waals surface area contributed by atoms with Gasteiger partial charge in [-0.05, 0) is 6.92 Å². The maximum atomic E-state index is 5.15. The average molecular weight is 124 g/mol. The maximum absolute atomic E-state index is 5.15. The van der Waals surface area contributed by atoms with Crippen molar-refractivity contribution in [2.24, 2.45) is 0 Å². The van der Waals surface area contributed by atoms with Gasteiger partial charge in [0, 0.05) is 11.3 Å². The molecule has 48 valence electrons. The number of aromatic amines is 1. The number of hydrogen-bond acceptors (Lipinski definition) is 2. The first-order valence-electron chi connectivity index (χ1n) is 2.98. The molecule has 0 spiro atoms. The van der Waals surface area contributed by atoms with Gasteiger partial charge in [0.25, 0.3) is 0 Å². The molecule has 0 saturated carbocycles. The SMILES string of the molecule is Cc1[nH]nc2c1COC2. The van der Waals surface area contributed by atoms with Crippen molar-refractivity contribution >= 4 is 0 Å². The van der Waals surface area contributed by atoms with Gasteiger partial charge in [-0.3, -0.25) is 5.10 Å². The van der Waals surface area contributed by atoms with Crippen molar-refractivity contribution in [2.75, 3.05) is 0 Å². The van der Waals surface area contributed by atoms with Crippen LogP contribution < -0.4 is 0 Å². The molecule has 2 rings (SSSR count). The van der Waals surface area contributed by atoms with Gasteiger partial charge in [0.1, 0.15) is 0 Å². The van der Waals surface area contributed by atoms with Crippen LogP contribution >= 0.6 is 0 Å². The zero-order valence-electron chi connectivity index (χ0n) is 5.27. The van der Waals surface area contributed by atoms with Gasteiger partial charge in [-0.15, -0.1) is 0 Å². The van der Waals surface area contributed by atoms with Crippen LogP contribution in [0.25, 0.3) is 0 Å². The van der Waals surface area contributed by atoms with Gasteiger partial charge in [-0.25, -0.2) is 0 Å². The van der Waals surface area contributed by atoms with Crippen LogP contribution in [0.4, 0.5) is 0 Å². The summed E-state index contributed by atoms with van der Waals surface area (Å²) in [6, 6.07) is 0. The molecule has 0 atom stereocenters. The second-order valence-corrected chi connectivity index (χ2v) is 2.27. The Kier molecular flexibility index (Phi) is 0.873. The van der Waals surface area contributed by atoms with Crippen molar-refractivity contribution in [3.8, 4) is 0 Å². The Morgan fingerprint density at radius 2 is 2.44 bits per heavy atom. The van der Waals surface area contributed by atoms with Crippen molar-refractivity contribution < 1.29 is 4.74 Å². The normalized spacial score (nSPS) is 16.1. The molecule has 0 amide bonds. The number of fused-ring (bicyclic) bond motifs is 1. The minimum atomic E-state index is 0.680. The van der Waals surface area contributed by atoms with Crippen LogP contribution in [0.5, 0.6) is 0 Å². The molecule has 0 unspecified atom stereocenters. The summed E-state index contributed by atoms with van der Waals surface area (Å²) in [5.74, 6) is 0. The van der Waals surface area contributed by atoms with Crippen molar-refractivity contribution in [1.29, 1.82) is 0 Å². The summed E-state index contributed by atoms with van der Waals surface area (Å²) >= 11 is 0. The van der Waals surface area contributed by atoms with Crippen LogP contribution in [0.1, 0.15) is 17.0 Å². The Morgan fingerprint density at radius 1 is 1.56 bits per heavy atom. The Morgan fingerprint density at radius 3 is 3.22 bits per heavy atom. The molecule has 1 aliphatic heterocycles. The lowest BCUT2D eigenvalue weighted by molar-refractivity contribution is 0.131. The lowest BCUT2D eigenvalue weighted by Gasteiger charge is -1.87. The third-order valence-electron chi connectivity index (χ3n) is 1.64. The van der Waals surface area contributed by atoms with Gasteiger partial charge in [0.15, 0.2) is 0 Å². The predicted molar refractivity (Wildman–Crippen MR) is 31.8 cm³/mol. The predicted octanol–water partition coefficient (Wildman–Crippen LogP) is 0.748. The van der Waals surface area contributed by atoms with Gasteiger partial charge < -0.3 is 4.74 Å². The fraction of sp³-hybridized carbons (Fsp3) is 0.500. The summed E-state index contributed by atoms with van der Waals surface area (Å²) in [5.41, 5.74) is 3.46. The number of nitrogens with one attached hydrogen (secondary N) is 1. The fourth-order valence-corrected chi connectivity index (χ4v) is 1.06. The maximum Gasteiger partial charge on any atom is 0.0937 e. The molecule has 2 heterocycles. The number of ether oxygens (including phenoxy) is 1. The van der Waals surface area contributed by atoms with E-state index >= 15 is 0 Å². The topological polar surface area (TPSA) is 37.9 Å². The molecule has 0 aliphatic carbocycles. The van der Waals surface area contributed by atoms with E-state index in [0.717, 1.165) is 18.0 Å². The highest BCUT2D eigenvalue weighted by Gasteiger charge is 2.15. The van der Waals surface area contributed by atoms with E-state index in [1.807, 2.05) is 6.92 Å². The minimum Gasteiger partial charge on any atom is -0.370 e. The molecule has 1 aromatic heterocycles. The standard InChI is InChI=1S/C6H8N2O/c1-4-5-2-9-3-6(5)8-7-4/h2-3H2,1H3,(H,7,8). The van der Waals surface area contributed by atoms with Crippen LogP contribution in [0.3, 0.4) is 0 Å². The fourth-order valence-electron chi connectivity index (χ4n) is 1.06. The van der Waals surface area contributed by atoms with E-state index in [-0.39, 0.29) is 0 Å². The Balaban J connectivity index is 2.56. The average Bonchev–Trinajstić information content (AvgIpc) is 2.35. The number of aryl methyl sites for hydroxylation is 1. The van der Waals surface area contributed by atoms with E-state index in [0.29, 0.717) is 6.61 Å². The summed E-state index contributed by atoms with van der Waals surface area (Å²) < 4.78 is 5.15. The lowest BCUT2D eigenvalue weighted by Crippen LogP contribution is -1.82. The van der Waals surface area contributed by atoms with E-state index < -0.39 is 0 Å². The first-order chi connectivity index (χ1) is 4.38. The summed E-state index contributed by atoms with van der Waals surface area (Å²) in [6.07, 6.45) is 0. The minimum absolute atomic E-state index is 0.680. The van der Waals surface area contributed by atoms with Crippen LogP contribution in [-0.2, 0) is 18.0 Å². The quantitative estimate of drug-likeness (QED) is 0.554. The van der Waals surface area contributed by atoms with E-state index in [9.17, 15) is 0 Å². The molecular weight excluding hydrogens is 116 g/mol. The molecule has 1 N–H and O–H groups in total. The van der Waals surface area contributed by atoms with Crippen LogP contribution in [0, 0.1) is 6.92 Å². The molecule has 9 heavy (non-hydrogen) atoms. The third kappa shape index (κ3) is 0.580. The van der Waals surface area contributed by atoms with Gasteiger partial charge >= 0.3 is 0 Å². The van der Waals surface area contributed by atoms with Gasteiger partial charge in [0.2, 0.25) is 0 Å². The monoisotopic (exact) mass is 124 g/mol. The first kappa shape index (κ1) is 4.99. The van der Waals surface area contributed by atoms with Crippen LogP contribution in [0.15, 0.2) is 0 Å². The Labute approximate surface area is 53.0 Å². The van der Waals surface area contributed by atoms with Gasteiger partial charge in [-0.2, -0.15) is 5.10 Å². The highest BCUT2D eigenvalue weighted by atomic mass is 16.5. The summed E-state index contributed by atoms with van der Waals surface area (Å²) in [7, 11) is 0. The molecule has 0 radical (unpaired) electrons. The Hall–Kier alpha value is -0.830. The number of hydrogen-bond donors (Lipinski definition) is 1. The summed E-state index contributed by atoms with van der Waals surface area (Å²) in [4.78, 5) is 0. The molecule has 0 bridgehead atoms. The van der Waals surface area contributed by atoms with Gasteiger partial charge in [-0.1, -0.05) is 0 Å². The second kappa shape index (κ2) is 1.57.